The molecule has 8 heteroatoms. The Morgan fingerprint density at radius 2 is 1.78 bits per heavy atom. The van der Waals surface area contributed by atoms with Gasteiger partial charge in [-0.15, -0.1) is 0 Å². The van der Waals surface area contributed by atoms with E-state index in [9.17, 15) is 24.0 Å². The van der Waals surface area contributed by atoms with Gasteiger partial charge in [0.05, 0.1) is 31.0 Å². The number of hydrogen-bond acceptors (Lipinski definition) is 6. The van der Waals surface area contributed by atoms with Crippen LogP contribution in [0.5, 0.6) is 0 Å². The average molecular weight is 577 g/mol. The Balaban J connectivity index is 0.000000500. The van der Waals surface area contributed by atoms with Crippen molar-refractivity contribution in [3.63, 3.8) is 0 Å². The lowest BCUT2D eigenvalue weighted by atomic mass is 9.41. The van der Waals surface area contributed by atoms with Crippen LogP contribution in [0.1, 0.15) is 99.5 Å². The first kappa shape index (κ1) is 34.5. The van der Waals surface area contributed by atoms with Crippen LogP contribution < -0.4 is 0 Å². The van der Waals surface area contributed by atoms with Crippen LogP contribution in [0.4, 0.5) is 4.53 Å². The first-order chi connectivity index (χ1) is 19.2. The number of ketones is 1. The van der Waals surface area contributed by atoms with Crippen molar-refractivity contribution < 1.29 is 38.1 Å². The normalized spacial score (nSPS) is 33.3. The van der Waals surface area contributed by atoms with Gasteiger partial charge in [-0.05, 0) is 90.5 Å². The monoisotopic (exact) mass is 576 g/mol. The molecule has 1 fully saturated rings. The summed E-state index contributed by atoms with van der Waals surface area (Å²) in [6.07, 6.45) is 7.78. The van der Waals surface area contributed by atoms with Crippen LogP contribution in [0.15, 0.2) is 46.3 Å². The number of ether oxygens (including phenoxy) is 1. The number of hydrogen-bond donors (Lipinski definition) is 1. The zero-order chi connectivity index (χ0) is 31.3. The zero-order valence-corrected chi connectivity index (χ0v) is 26.4. The maximum atomic E-state index is 13.6. The van der Waals surface area contributed by atoms with E-state index in [1.807, 2.05) is 33.8 Å². The molecule has 7 atom stereocenters. The van der Waals surface area contributed by atoms with E-state index in [1.165, 1.54) is 24.8 Å². The Kier molecular flexibility index (Phi) is 11.3. The van der Waals surface area contributed by atoms with Gasteiger partial charge >= 0.3 is 11.9 Å². The molecule has 0 saturated heterocycles. The van der Waals surface area contributed by atoms with E-state index in [1.54, 1.807) is 33.3 Å². The van der Waals surface area contributed by atoms with Gasteiger partial charge in [-0.25, -0.2) is 0 Å². The number of aliphatic carboxylic acids is 1. The molecule has 230 valence electrons. The van der Waals surface area contributed by atoms with Crippen molar-refractivity contribution in [1.82, 2.24) is 0 Å². The minimum absolute atomic E-state index is 0.197. The van der Waals surface area contributed by atoms with Crippen molar-refractivity contribution in [2.45, 2.75) is 100 Å². The summed E-state index contributed by atoms with van der Waals surface area (Å²) in [5.74, 6) is -2.86. The van der Waals surface area contributed by atoms with Crippen molar-refractivity contribution in [3.05, 3.63) is 47.5 Å². The maximum Gasteiger partial charge on any atom is 0.313 e. The van der Waals surface area contributed by atoms with Crippen molar-refractivity contribution >= 4 is 17.7 Å². The molecule has 3 aliphatic carbocycles. The van der Waals surface area contributed by atoms with E-state index in [0.29, 0.717) is 31.6 Å². The molecule has 7 unspecified atom stereocenters. The average Bonchev–Trinajstić information content (AvgIpc) is 3.62. The van der Waals surface area contributed by atoms with Crippen molar-refractivity contribution in [1.29, 1.82) is 0 Å². The molecule has 1 aromatic rings. The lowest BCUT2D eigenvalue weighted by Gasteiger charge is -2.61. The number of furan rings is 1. The Morgan fingerprint density at radius 3 is 2.24 bits per heavy atom. The predicted molar refractivity (Wildman–Crippen MR) is 156 cm³/mol. The second-order valence-corrected chi connectivity index (χ2v) is 12.4. The van der Waals surface area contributed by atoms with Crippen molar-refractivity contribution in [2.75, 3.05) is 7.11 Å². The van der Waals surface area contributed by atoms with E-state index < -0.39 is 52.0 Å². The Bertz CT molecular complexity index is 1140. The molecule has 0 aromatic carbocycles. The smallest absolute Gasteiger partial charge is 0.313 e. The molecule has 0 amide bonds. The molecule has 0 radical (unpaired) electrons. The van der Waals surface area contributed by atoms with E-state index >= 15 is 0 Å². The lowest BCUT2D eigenvalue weighted by Crippen LogP contribution is -2.62. The molecular formula is C33H49FO7. The highest BCUT2D eigenvalue weighted by atomic mass is 19.3. The summed E-state index contributed by atoms with van der Waals surface area (Å²) < 4.78 is 23.5. The fourth-order valence-corrected chi connectivity index (χ4v) is 7.94. The number of methoxy groups -OCH3 is 1. The lowest BCUT2D eigenvalue weighted by molar-refractivity contribution is -0.186. The third-order valence-electron chi connectivity index (χ3n) is 9.87. The number of carbonyl (C=O) groups is 3. The zero-order valence-electron chi connectivity index (χ0n) is 26.4. The summed E-state index contributed by atoms with van der Waals surface area (Å²) in [5.41, 5.74) is -0.0306. The van der Waals surface area contributed by atoms with Crippen molar-refractivity contribution in [2.24, 2.45) is 34.0 Å². The summed E-state index contributed by atoms with van der Waals surface area (Å²) >= 11 is 0. The summed E-state index contributed by atoms with van der Waals surface area (Å²) in [4.78, 5) is 42.9. The Morgan fingerprint density at radius 1 is 1.15 bits per heavy atom. The maximum absolute atomic E-state index is 13.6. The molecule has 0 bridgehead atoms. The van der Waals surface area contributed by atoms with Crippen LogP contribution in [-0.4, -0.2) is 36.0 Å². The van der Waals surface area contributed by atoms with Gasteiger partial charge in [-0.3, -0.25) is 14.4 Å². The first-order valence-electron chi connectivity index (χ1n) is 14.7. The summed E-state index contributed by atoms with van der Waals surface area (Å²) in [6, 6.07) is 1.99. The summed E-state index contributed by atoms with van der Waals surface area (Å²) in [5, 5.41) is 10.0. The highest BCUT2D eigenvalue weighted by Gasteiger charge is 2.67. The minimum Gasteiger partial charge on any atom is -0.481 e. The van der Waals surface area contributed by atoms with Crippen LogP contribution in [0.3, 0.4) is 0 Å². The van der Waals surface area contributed by atoms with Gasteiger partial charge < -0.3 is 14.3 Å². The van der Waals surface area contributed by atoms with Gasteiger partial charge in [-0.1, -0.05) is 60.1 Å². The molecule has 0 aliphatic heterocycles. The van der Waals surface area contributed by atoms with Gasteiger partial charge in [0.1, 0.15) is 6.10 Å². The molecule has 1 aromatic heterocycles. The number of fused-ring (bicyclic) bond motifs is 1. The second-order valence-electron chi connectivity index (χ2n) is 12.4. The number of carbonyl (C=O) groups excluding carboxylic acids is 2. The van der Waals surface area contributed by atoms with Gasteiger partial charge in [0.25, 0.3) is 0 Å². The van der Waals surface area contributed by atoms with Gasteiger partial charge in [-0.2, -0.15) is 4.94 Å². The van der Waals surface area contributed by atoms with Crippen LogP contribution in [-0.2, 0) is 24.1 Å². The number of esters is 1. The van der Waals surface area contributed by atoms with E-state index in [4.69, 9.17) is 9.15 Å². The molecule has 1 heterocycles. The van der Waals surface area contributed by atoms with Gasteiger partial charge in [0.15, 0.2) is 5.78 Å². The molecule has 7 nitrogen and oxygen atoms in total. The topological polar surface area (TPSA) is 103 Å². The van der Waals surface area contributed by atoms with E-state index in [0.717, 1.165) is 11.1 Å². The summed E-state index contributed by atoms with van der Waals surface area (Å²) in [6.45, 7) is 17.3. The fraction of sp³-hybridized carbons (Fsp3) is 0.667. The number of allylic oxidation sites excluding steroid dienone is 2. The molecule has 3 aliphatic rings. The minimum atomic E-state index is -1.24. The molecular weight excluding hydrogens is 527 g/mol. The van der Waals surface area contributed by atoms with Crippen LogP contribution in [0.2, 0.25) is 0 Å². The SMILES string of the molecule is CC.CC(C)c1ccoc1.COC(=O)C(C)C1C(C)(C2=C(C)CCC2OF)CCC2C(C)(C(=O)O)C=CC(=O)C21C. The van der Waals surface area contributed by atoms with E-state index in [-0.39, 0.29) is 5.78 Å². The van der Waals surface area contributed by atoms with Gasteiger partial charge in [0, 0.05) is 5.41 Å². The number of carboxylic acids is 1. The van der Waals surface area contributed by atoms with Crippen molar-refractivity contribution in [3.8, 4) is 0 Å². The predicted octanol–water partition coefficient (Wildman–Crippen LogP) is 7.87. The fourth-order valence-electron chi connectivity index (χ4n) is 7.94. The molecule has 1 N–H and O–H groups in total. The molecule has 4 rings (SSSR count). The van der Waals surface area contributed by atoms with Crippen LogP contribution in [0, 0.1) is 34.0 Å². The third-order valence-corrected chi connectivity index (χ3v) is 9.87. The highest BCUT2D eigenvalue weighted by molar-refractivity contribution is 5.99. The second kappa shape index (κ2) is 13.5. The van der Waals surface area contributed by atoms with Crippen LogP contribution in [0.25, 0.3) is 0 Å². The first-order valence-corrected chi connectivity index (χ1v) is 14.7. The third kappa shape index (κ3) is 6.08. The highest BCUT2D eigenvalue weighted by Crippen LogP contribution is 2.66. The quantitative estimate of drug-likeness (QED) is 0.271. The summed E-state index contributed by atoms with van der Waals surface area (Å²) in [7, 11) is 1.30. The largest absolute Gasteiger partial charge is 0.481 e. The number of rotatable bonds is 6. The standard InChI is InChI=1S/C24H33FO6.C7H10O.C2H6/c1-13-7-8-15(31-25)18(13)23(4)11-9-16-22(3,21(28)29)12-10-17(26)24(16,5)19(23)14(2)20(27)30-6;1-6(2)7-3-4-8-5-7;1-2/h10,12,14-16,19H,7-9,11H2,1-6H3,(H,28,29);3-6H,1-2H3;1-2H3. The Hall–Kier alpha value is -2.74. The number of halogens is 1. The van der Waals surface area contributed by atoms with Gasteiger partial charge in [0.2, 0.25) is 0 Å². The van der Waals surface area contributed by atoms with Crippen LogP contribution >= 0.6 is 0 Å². The van der Waals surface area contributed by atoms with E-state index in [2.05, 4.69) is 18.8 Å². The molecule has 1 saturated carbocycles. The molecule has 0 spiro atoms. The Labute approximate surface area is 244 Å². The number of carboxylic acid groups (broad SMARTS) is 1. The molecule has 41 heavy (non-hydrogen) atoms.